The van der Waals surface area contributed by atoms with Gasteiger partial charge in [0, 0.05) is 5.56 Å². The summed E-state index contributed by atoms with van der Waals surface area (Å²) in [5.74, 6) is 1.83. The predicted octanol–water partition coefficient (Wildman–Crippen LogP) is 6.87. The Morgan fingerprint density at radius 2 is 2.00 bits per heavy atom. The maximum Gasteiger partial charge on any atom is 0.219 e. The van der Waals surface area contributed by atoms with Gasteiger partial charge in [-0.3, -0.25) is 0 Å². The summed E-state index contributed by atoms with van der Waals surface area (Å²) in [5.41, 5.74) is 0.758. The summed E-state index contributed by atoms with van der Waals surface area (Å²) in [4.78, 5) is 0. The lowest BCUT2D eigenvalue weighted by Crippen LogP contribution is -1.98. The highest BCUT2D eigenvalue weighted by Gasteiger charge is 2.10. The highest BCUT2D eigenvalue weighted by Crippen LogP contribution is 2.23. The van der Waals surface area contributed by atoms with Crippen molar-refractivity contribution in [3.05, 3.63) is 52.0 Å². The second-order valence-corrected chi connectivity index (χ2v) is 7.83. The predicted molar refractivity (Wildman–Crippen MR) is 123 cm³/mol. The van der Waals surface area contributed by atoms with E-state index in [0.717, 1.165) is 17.7 Å². The van der Waals surface area contributed by atoms with E-state index in [-0.39, 0.29) is 0 Å². The number of ether oxygens (including phenoxy) is 1. The van der Waals surface area contributed by atoms with Crippen molar-refractivity contribution in [3.63, 3.8) is 0 Å². The molecule has 3 aromatic rings. The van der Waals surface area contributed by atoms with Crippen molar-refractivity contribution in [2.24, 2.45) is 5.10 Å². The third-order valence-corrected chi connectivity index (χ3v) is 5.28. The van der Waals surface area contributed by atoms with E-state index in [1.807, 2.05) is 18.2 Å². The standard InChI is InChI=1S/C22H27ClN4O2S/c1-2-3-4-5-6-7-8-13-28-18-12-11-17(19(23)15-18)16-24-27-21(25-26-22(27)30)20-10-9-14-29-20/h9-12,14-16H,2-8,13H2,1H3,(H,26,30)/b24-16-. The fraction of sp³-hybridized carbons (Fsp3) is 0.409. The molecule has 0 saturated heterocycles. The van der Waals surface area contributed by atoms with E-state index >= 15 is 0 Å². The molecule has 2 aromatic heterocycles. The van der Waals surface area contributed by atoms with Gasteiger partial charge in [0.15, 0.2) is 5.76 Å². The van der Waals surface area contributed by atoms with Crippen molar-refractivity contribution in [3.8, 4) is 17.3 Å². The average Bonchev–Trinajstić information content (AvgIpc) is 3.39. The molecule has 0 atom stereocenters. The minimum absolute atomic E-state index is 0.364. The Hall–Kier alpha value is -2.38. The largest absolute Gasteiger partial charge is 0.494 e. The number of nitrogens with zero attached hydrogens (tertiary/aromatic N) is 3. The highest BCUT2D eigenvalue weighted by molar-refractivity contribution is 7.71. The molecule has 160 valence electrons. The van der Waals surface area contributed by atoms with Crippen molar-refractivity contribution in [1.82, 2.24) is 14.9 Å². The van der Waals surface area contributed by atoms with Gasteiger partial charge in [0.05, 0.1) is 24.1 Å². The van der Waals surface area contributed by atoms with E-state index < -0.39 is 0 Å². The SMILES string of the molecule is CCCCCCCCCOc1ccc(/C=N\n2c(-c3ccco3)n[nH]c2=S)c(Cl)c1. The summed E-state index contributed by atoms with van der Waals surface area (Å²) in [6.45, 7) is 2.94. The van der Waals surface area contributed by atoms with E-state index in [4.69, 9.17) is 33.0 Å². The Balaban J connectivity index is 1.54. The number of hydrogen-bond acceptors (Lipinski definition) is 5. The summed E-state index contributed by atoms with van der Waals surface area (Å²) in [6.07, 6.45) is 12.0. The van der Waals surface area contributed by atoms with Crippen LogP contribution in [0.15, 0.2) is 46.1 Å². The maximum atomic E-state index is 6.41. The molecule has 2 heterocycles. The Labute approximate surface area is 186 Å². The number of aromatic amines is 1. The summed E-state index contributed by atoms with van der Waals surface area (Å²) >= 11 is 11.7. The minimum atomic E-state index is 0.364. The minimum Gasteiger partial charge on any atom is -0.494 e. The number of aromatic nitrogens is 3. The third kappa shape index (κ3) is 6.31. The fourth-order valence-electron chi connectivity index (χ4n) is 3.04. The number of furan rings is 1. The number of H-pyrrole nitrogens is 1. The van der Waals surface area contributed by atoms with Gasteiger partial charge in [0.1, 0.15) is 5.75 Å². The average molecular weight is 447 g/mol. The molecule has 6 nitrogen and oxygen atoms in total. The van der Waals surface area contributed by atoms with E-state index in [0.29, 0.717) is 28.0 Å². The van der Waals surface area contributed by atoms with Gasteiger partial charge in [-0.2, -0.15) is 9.78 Å². The lowest BCUT2D eigenvalue weighted by Gasteiger charge is -2.08. The van der Waals surface area contributed by atoms with E-state index in [1.165, 1.54) is 43.2 Å². The zero-order valence-corrected chi connectivity index (χ0v) is 18.7. The first kappa shape index (κ1) is 22.3. The van der Waals surface area contributed by atoms with Crippen LogP contribution < -0.4 is 4.74 Å². The van der Waals surface area contributed by atoms with Gasteiger partial charge in [0.2, 0.25) is 10.6 Å². The molecule has 0 radical (unpaired) electrons. The van der Waals surface area contributed by atoms with Crippen molar-refractivity contribution in [2.45, 2.75) is 51.9 Å². The lowest BCUT2D eigenvalue weighted by molar-refractivity contribution is 0.304. The molecule has 1 N–H and O–H groups in total. The van der Waals surface area contributed by atoms with Crippen LogP contribution in [0.1, 0.15) is 57.4 Å². The lowest BCUT2D eigenvalue weighted by atomic mass is 10.1. The van der Waals surface area contributed by atoms with Crippen molar-refractivity contribution >= 4 is 30.0 Å². The zero-order chi connectivity index (χ0) is 21.2. The van der Waals surface area contributed by atoms with Crippen LogP contribution >= 0.6 is 23.8 Å². The van der Waals surface area contributed by atoms with Gasteiger partial charge in [0.25, 0.3) is 0 Å². The summed E-state index contributed by atoms with van der Waals surface area (Å²) in [7, 11) is 0. The van der Waals surface area contributed by atoms with Gasteiger partial charge < -0.3 is 9.15 Å². The molecule has 3 rings (SSSR count). The molecular weight excluding hydrogens is 420 g/mol. The highest BCUT2D eigenvalue weighted by atomic mass is 35.5. The monoisotopic (exact) mass is 446 g/mol. The number of halogens is 1. The summed E-state index contributed by atoms with van der Waals surface area (Å²) in [5, 5.41) is 11.9. The molecule has 0 aliphatic heterocycles. The van der Waals surface area contributed by atoms with Crippen molar-refractivity contribution in [1.29, 1.82) is 0 Å². The Morgan fingerprint density at radius 3 is 2.73 bits per heavy atom. The maximum absolute atomic E-state index is 6.41. The zero-order valence-electron chi connectivity index (χ0n) is 17.1. The smallest absolute Gasteiger partial charge is 0.219 e. The first-order chi connectivity index (χ1) is 14.7. The van der Waals surface area contributed by atoms with Crippen LogP contribution in [0.3, 0.4) is 0 Å². The molecule has 0 unspecified atom stereocenters. The topological polar surface area (TPSA) is 68.3 Å². The first-order valence-electron chi connectivity index (χ1n) is 10.4. The molecule has 0 fully saturated rings. The quantitative estimate of drug-likeness (QED) is 0.187. The van der Waals surface area contributed by atoms with Gasteiger partial charge in [-0.15, -0.1) is 5.10 Å². The summed E-state index contributed by atoms with van der Waals surface area (Å²) < 4.78 is 13.1. The molecule has 8 heteroatoms. The molecular formula is C22H27ClN4O2S. The van der Waals surface area contributed by atoms with E-state index in [1.54, 1.807) is 24.6 Å². The first-order valence-corrected chi connectivity index (χ1v) is 11.2. The van der Waals surface area contributed by atoms with Gasteiger partial charge in [-0.25, -0.2) is 5.10 Å². The summed E-state index contributed by atoms with van der Waals surface area (Å²) in [6, 6.07) is 9.16. The van der Waals surface area contributed by atoms with Gasteiger partial charge >= 0.3 is 0 Å². The number of nitrogens with one attached hydrogen (secondary N) is 1. The van der Waals surface area contributed by atoms with Crippen LogP contribution in [0.2, 0.25) is 5.02 Å². The van der Waals surface area contributed by atoms with Crippen LogP contribution in [0.4, 0.5) is 0 Å². The third-order valence-electron chi connectivity index (χ3n) is 4.69. The van der Waals surface area contributed by atoms with Crippen molar-refractivity contribution < 1.29 is 9.15 Å². The number of unbranched alkanes of at least 4 members (excludes halogenated alkanes) is 6. The van der Waals surface area contributed by atoms with E-state index in [9.17, 15) is 0 Å². The van der Waals surface area contributed by atoms with Gasteiger partial charge in [-0.05, 0) is 49.0 Å². The molecule has 0 aliphatic rings. The van der Waals surface area contributed by atoms with Crippen LogP contribution in [0.5, 0.6) is 5.75 Å². The normalized spacial score (nSPS) is 11.4. The second kappa shape index (κ2) is 11.7. The van der Waals surface area contributed by atoms with Crippen LogP contribution in [0.25, 0.3) is 11.6 Å². The molecule has 30 heavy (non-hydrogen) atoms. The van der Waals surface area contributed by atoms with Crippen LogP contribution in [-0.4, -0.2) is 27.7 Å². The Kier molecular flexibility index (Phi) is 8.71. The molecule has 0 amide bonds. The van der Waals surface area contributed by atoms with Gasteiger partial charge in [-0.1, -0.05) is 57.0 Å². The van der Waals surface area contributed by atoms with Crippen LogP contribution in [-0.2, 0) is 0 Å². The van der Waals surface area contributed by atoms with E-state index in [2.05, 4.69) is 22.2 Å². The number of hydrogen-bond donors (Lipinski definition) is 1. The molecule has 0 aliphatic carbocycles. The van der Waals surface area contributed by atoms with Crippen LogP contribution in [0, 0.1) is 4.77 Å². The number of rotatable bonds is 12. The fourth-order valence-corrected chi connectivity index (χ4v) is 3.43. The molecule has 0 spiro atoms. The Bertz CT molecular complexity index is 995. The molecule has 0 saturated carbocycles. The number of benzene rings is 1. The second-order valence-electron chi connectivity index (χ2n) is 7.04. The van der Waals surface area contributed by atoms with Crippen molar-refractivity contribution in [2.75, 3.05) is 6.61 Å². The Morgan fingerprint density at radius 1 is 1.20 bits per heavy atom. The molecule has 0 bridgehead atoms. The molecule has 1 aromatic carbocycles.